The van der Waals surface area contributed by atoms with Crippen LogP contribution >= 0.6 is 23.2 Å². The van der Waals surface area contributed by atoms with Crippen molar-refractivity contribution in [2.45, 2.75) is 58.4 Å². The quantitative estimate of drug-likeness (QED) is 0.728. The van der Waals surface area contributed by atoms with Crippen LogP contribution in [0.4, 0.5) is 0 Å². The molecule has 1 aromatic carbocycles. The summed E-state index contributed by atoms with van der Waals surface area (Å²) in [6.45, 7) is 7.73. The maximum Gasteiger partial charge on any atom is 0.0439 e. The Bertz CT molecular complexity index is 459. The topological polar surface area (TPSA) is 12.0 Å². The Kier molecular flexibility index (Phi) is 5.99. The molecule has 2 rings (SSSR count). The summed E-state index contributed by atoms with van der Waals surface area (Å²) in [6, 6.07) is 5.82. The molecule has 1 saturated carbocycles. The van der Waals surface area contributed by atoms with Gasteiger partial charge >= 0.3 is 0 Å². The maximum atomic E-state index is 6.36. The molecule has 1 nitrogen and oxygen atoms in total. The van der Waals surface area contributed by atoms with E-state index in [9.17, 15) is 0 Å². The maximum absolute atomic E-state index is 6.36. The first-order chi connectivity index (χ1) is 9.85. The summed E-state index contributed by atoms with van der Waals surface area (Å²) >= 11 is 12.5. The highest BCUT2D eigenvalue weighted by Gasteiger charge is 2.26. The first kappa shape index (κ1) is 17.1. The average molecular weight is 328 g/mol. The van der Waals surface area contributed by atoms with Crippen molar-refractivity contribution in [1.82, 2.24) is 5.32 Å². The van der Waals surface area contributed by atoms with Crippen LogP contribution in [0.5, 0.6) is 0 Å². The first-order valence-electron chi connectivity index (χ1n) is 8.04. The molecule has 1 atom stereocenters. The van der Waals surface area contributed by atoms with Crippen LogP contribution in [0.2, 0.25) is 10.0 Å². The summed E-state index contributed by atoms with van der Waals surface area (Å²) in [5, 5.41) is 5.30. The zero-order chi connectivity index (χ0) is 15.5. The Labute approximate surface area is 139 Å². The van der Waals surface area contributed by atoms with E-state index in [0.29, 0.717) is 5.92 Å². The fraction of sp³-hybridized carbons (Fsp3) is 0.667. The van der Waals surface area contributed by atoms with Crippen molar-refractivity contribution in [3.05, 3.63) is 33.8 Å². The van der Waals surface area contributed by atoms with Crippen molar-refractivity contribution in [2.75, 3.05) is 6.54 Å². The third-order valence-corrected chi connectivity index (χ3v) is 5.05. The zero-order valence-electron chi connectivity index (χ0n) is 13.4. The molecule has 3 heteroatoms. The Balaban J connectivity index is 2.09. The van der Waals surface area contributed by atoms with Crippen molar-refractivity contribution in [3.63, 3.8) is 0 Å². The van der Waals surface area contributed by atoms with Gasteiger partial charge in [-0.1, -0.05) is 48.9 Å². The number of benzene rings is 1. The third kappa shape index (κ3) is 5.47. The Morgan fingerprint density at radius 3 is 2.48 bits per heavy atom. The molecule has 0 spiro atoms. The second-order valence-corrected chi connectivity index (χ2v) is 8.22. The van der Waals surface area contributed by atoms with Gasteiger partial charge in [-0.25, -0.2) is 0 Å². The summed E-state index contributed by atoms with van der Waals surface area (Å²) in [6.07, 6.45) is 6.48. The van der Waals surface area contributed by atoms with Crippen molar-refractivity contribution >= 4 is 23.2 Å². The monoisotopic (exact) mass is 327 g/mol. The highest BCUT2D eigenvalue weighted by atomic mass is 35.5. The number of rotatable bonds is 5. The standard InChI is InChI=1S/C18H27Cl2N/c1-18(2,3)21-12-15(13-6-4-5-7-13)10-14-11-16(19)8-9-17(14)20/h8-9,11,13,15,21H,4-7,10,12H2,1-3H3. The van der Waals surface area contributed by atoms with Crippen LogP contribution in [-0.2, 0) is 6.42 Å². The van der Waals surface area contributed by atoms with E-state index in [1.54, 1.807) is 0 Å². The van der Waals surface area contributed by atoms with Gasteiger partial charge in [0, 0.05) is 15.6 Å². The molecule has 1 unspecified atom stereocenters. The molecule has 0 aromatic heterocycles. The molecule has 0 radical (unpaired) electrons. The summed E-state index contributed by atoms with van der Waals surface area (Å²) < 4.78 is 0. The highest BCUT2D eigenvalue weighted by Crippen LogP contribution is 2.35. The smallest absolute Gasteiger partial charge is 0.0439 e. The van der Waals surface area contributed by atoms with Crippen LogP contribution in [0.3, 0.4) is 0 Å². The number of nitrogens with one attached hydrogen (secondary N) is 1. The van der Waals surface area contributed by atoms with Gasteiger partial charge in [0.2, 0.25) is 0 Å². The number of hydrogen-bond donors (Lipinski definition) is 1. The number of hydrogen-bond acceptors (Lipinski definition) is 1. The molecule has 1 N–H and O–H groups in total. The minimum Gasteiger partial charge on any atom is -0.312 e. The van der Waals surface area contributed by atoms with Gasteiger partial charge in [-0.3, -0.25) is 0 Å². The second kappa shape index (κ2) is 7.35. The van der Waals surface area contributed by atoms with Crippen LogP contribution in [0.1, 0.15) is 52.0 Å². The summed E-state index contributed by atoms with van der Waals surface area (Å²) in [7, 11) is 0. The second-order valence-electron chi connectivity index (χ2n) is 7.38. The Morgan fingerprint density at radius 1 is 1.19 bits per heavy atom. The van der Waals surface area contributed by atoms with Gasteiger partial charge in [-0.2, -0.15) is 0 Å². The third-order valence-electron chi connectivity index (χ3n) is 4.45. The SMILES string of the molecule is CC(C)(C)NCC(Cc1cc(Cl)ccc1Cl)C1CCCC1. The molecule has 1 aromatic rings. The lowest BCUT2D eigenvalue weighted by Crippen LogP contribution is -2.41. The molecule has 0 bridgehead atoms. The molecule has 1 aliphatic rings. The van der Waals surface area contributed by atoms with E-state index in [1.807, 2.05) is 18.2 Å². The van der Waals surface area contributed by atoms with E-state index in [-0.39, 0.29) is 5.54 Å². The van der Waals surface area contributed by atoms with Crippen LogP contribution in [0, 0.1) is 11.8 Å². The van der Waals surface area contributed by atoms with Crippen molar-refractivity contribution in [1.29, 1.82) is 0 Å². The van der Waals surface area contributed by atoms with Gasteiger partial charge in [0.15, 0.2) is 0 Å². The minimum absolute atomic E-state index is 0.162. The molecular weight excluding hydrogens is 301 g/mol. The summed E-state index contributed by atoms with van der Waals surface area (Å²) in [5.41, 5.74) is 1.35. The molecule has 0 heterocycles. The van der Waals surface area contributed by atoms with Gasteiger partial charge in [-0.05, 0) is 69.3 Å². The summed E-state index contributed by atoms with van der Waals surface area (Å²) in [5.74, 6) is 1.46. The van der Waals surface area contributed by atoms with Gasteiger partial charge in [0.1, 0.15) is 0 Å². The zero-order valence-corrected chi connectivity index (χ0v) is 14.9. The fourth-order valence-electron chi connectivity index (χ4n) is 3.25. The lowest BCUT2D eigenvalue weighted by molar-refractivity contribution is 0.286. The molecule has 1 aliphatic carbocycles. The van der Waals surface area contributed by atoms with Gasteiger partial charge < -0.3 is 5.32 Å². The predicted molar refractivity (Wildman–Crippen MR) is 93.4 cm³/mol. The van der Waals surface area contributed by atoms with E-state index >= 15 is 0 Å². The van der Waals surface area contributed by atoms with Crippen LogP contribution in [-0.4, -0.2) is 12.1 Å². The predicted octanol–water partition coefficient (Wildman–Crippen LogP) is 5.73. The largest absolute Gasteiger partial charge is 0.312 e. The van der Waals surface area contributed by atoms with Crippen molar-refractivity contribution in [3.8, 4) is 0 Å². The van der Waals surface area contributed by atoms with E-state index < -0.39 is 0 Å². The van der Waals surface area contributed by atoms with Gasteiger partial charge in [0.25, 0.3) is 0 Å². The van der Waals surface area contributed by atoms with Crippen molar-refractivity contribution < 1.29 is 0 Å². The lowest BCUT2D eigenvalue weighted by atomic mass is 9.85. The van der Waals surface area contributed by atoms with Gasteiger partial charge in [-0.15, -0.1) is 0 Å². The van der Waals surface area contributed by atoms with E-state index in [4.69, 9.17) is 23.2 Å². The normalized spacial score (nSPS) is 18.1. The summed E-state index contributed by atoms with van der Waals surface area (Å²) in [4.78, 5) is 0. The molecular formula is C18H27Cl2N. The average Bonchev–Trinajstić information content (AvgIpc) is 2.91. The Morgan fingerprint density at radius 2 is 1.86 bits per heavy atom. The van der Waals surface area contributed by atoms with Crippen LogP contribution < -0.4 is 5.32 Å². The number of halogens is 2. The molecule has 118 valence electrons. The van der Waals surface area contributed by atoms with Crippen LogP contribution in [0.25, 0.3) is 0 Å². The first-order valence-corrected chi connectivity index (χ1v) is 8.80. The highest BCUT2D eigenvalue weighted by molar-refractivity contribution is 6.33. The molecule has 0 amide bonds. The fourth-order valence-corrected chi connectivity index (χ4v) is 3.64. The van der Waals surface area contributed by atoms with Crippen molar-refractivity contribution in [2.24, 2.45) is 11.8 Å². The molecule has 21 heavy (non-hydrogen) atoms. The van der Waals surface area contributed by atoms with E-state index in [0.717, 1.165) is 28.9 Å². The van der Waals surface area contributed by atoms with Gasteiger partial charge in [0.05, 0.1) is 0 Å². The lowest BCUT2D eigenvalue weighted by Gasteiger charge is -2.29. The minimum atomic E-state index is 0.162. The Hall–Kier alpha value is -0.240. The molecule has 1 fully saturated rings. The molecule has 0 saturated heterocycles. The van der Waals surface area contributed by atoms with E-state index in [1.165, 1.54) is 31.2 Å². The molecule has 0 aliphatic heterocycles. The van der Waals surface area contributed by atoms with Crippen LogP contribution in [0.15, 0.2) is 18.2 Å². The van der Waals surface area contributed by atoms with E-state index in [2.05, 4.69) is 26.1 Å².